The monoisotopic (exact) mass is 412 g/mol. The van der Waals surface area contributed by atoms with Crippen LogP contribution in [0.15, 0.2) is 24.3 Å². The van der Waals surface area contributed by atoms with E-state index in [1.54, 1.807) is 4.90 Å². The minimum atomic E-state index is -0.566. The molecule has 1 aliphatic heterocycles. The standard InChI is InChI=1S/C22H24N2O4S/c1-13-14(2)29-21(23-20(26)16-7-8-16)19(13)22(27)28-12-18(25)24-10-9-15-5-3-4-6-17(15)11-24/h3-6,16H,7-12H2,1-2H3,(H,23,26). The molecule has 0 bridgehead atoms. The van der Waals surface area contributed by atoms with Crippen molar-refractivity contribution in [2.45, 2.75) is 39.7 Å². The van der Waals surface area contributed by atoms with Crippen LogP contribution in [0.3, 0.4) is 0 Å². The van der Waals surface area contributed by atoms with E-state index in [9.17, 15) is 14.4 Å². The van der Waals surface area contributed by atoms with Crippen molar-refractivity contribution in [1.29, 1.82) is 0 Å². The number of thiophene rings is 1. The summed E-state index contributed by atoms with van der Waals surface area (Å²) in [5.74, 6) is -0.779. The molecule has 2 amide bonds. The summed E-state index contributed by atoms with van der Waals surface area (Å²) in [4.78, 5) is 40.1. The van der Waals surface area contributed by atoms with E-state index in [4.69, 9.17) is 4.74 Å². The van der Waals surface area contributed by atoms with Gasteiger partial charge in [0.25, 0.3) is 5.91 Å². The number of aryl methyl sites for hydroxylation is 1. The number of hydrogen-bond donors (Lipinski definition) is 1. The number of ether oxygens (including phenoxy) is 1. The lowest BCUT2D eigenvalue weighted by molar-refractivity contribution is -0.135. The Balaban J connectivity index is 1.39. The summed E-state index contributed by atoms with van der Waals surface area (Å²) < 4.78 is 5.35. The fourth-order valence-electron chi connectivity index (χ4n) is 3.52. The Morgan fingerprint density at radius 3 is 2.62 bits per heavy atom. The molecular weight excluding hydrogens is 388 g/mol. The van der Waals surface area contributed by atoms with Crippen molar-refractivity contribution in [2.75, 3.05) is 18.5 Å². The number of nitrogens with zero attached hydrogens (tertiary/aromatic N) is 1. The molecule has 152 valence electrons. The molecule has 4 rings (SSSR count). The molecule has 0 unspecified atom stereocenters. The summed E-state index contributed by atoms with van der Waals surface area (Å²) in [6.07, 6.45) is 2.58. The van der Waals surface area contributed by atoms with Gasteiger partial charge in [0, 0.05) is 23.9 Å². The van der Waals surface area contributed by atoms with Crippen LogP contribution < -0.4 is 5.32 Å². The summed E-state index contributed by atoms with van der Waals surface area (Å²) in [5.41, 5.74) is 3.53. The van der Waals surface area contributed by atoms with Crippen LogP contribution in [-0.4, -0.2) is 35.8 Å². The number of carbonyl (C=O) groups is 3. The second-order valence-corrected chi connectivity index (χ2v) is 8.89. The Morgan fingerprint density at radius 2 is 1.90 bits per heavy atom. The maximum Gasteiger partial charge on any atom is 0.341 e. The summed E-state index contributed by atoms with van der Waals surface area (Å²) in [6, 6.07) is 8.07. The van der Waals surface area contributed by atoms with Gasteiger partial charge in [-0.15, -0.1) is 11.3 Å². The van der Waals surface area contributed by atoms with Gasteiger partial charge in [-0.25, -0.2) is 4.79 Å². The molecule has 1 aromatic carbocycles. The van der Waals surface area contributed by atoms with E-state index in [0.717, 1.165) is 35.3 Å². The average Bonchev–Trinajstić information content (AvgIpc) is 3.53. The smallest absolute Gasteiger partial charge is 0.341 e. The molecule has 7 heteroatoms. The first-order valence-corrected chi connectivity index (χ1v) is 10.7. The van der Waals surface area contributed by atoms with E-state index < -0.39 is 5.97 Å². The van der Waals surface area contributed by atoms with E-state index in [2.05, 4.69) is 11.4 Å². The molecule has 0 spiro atoms. The van der Waals surface area contributed by atoms with Crippen molar-refractivity contribution >= 4 is 34.1 Å². The molecule has 1 aliphatic carbocycles. The molecule has 0 saturated heterocycles. The van der Waals surface area contributed by atoms with E-state index >= 15 is 0 Å². The van der Waals surface area contributed by atoms with Crippen LogP contribution in [0.4, 0.5) is 5.00 Å². The molecule has 1 N–H and O–H groups in total. The molecule has 0 radical (unpaired) electrons. The number of carbonyl (C=O) groups excluding carboxylic acids is 3. The zero-order valence-electron chi connectivity index (χ0n) is 16.6. The van der Waals surface area contributed by atoms with Gasteiger partial charge in [-0.2, -0.15) is 0 Å². The average molecular weight is 413 g/mol. The van der Waals surface area contributed by atoms with Crippen molar-refractivity contribution in [2.24, 2.45) is 5.92 Å². The third kappa shape index (κ3) is 4.19. The number of fused-ring (bicyclic) bond motifs is 1. The molecule has 1 aromatic heterocycles. The predicted molar refractivity (Wildman–Crippen MR) is 111 cm³/mol. The number of hydrogen-bond acceptors (Lipinski definition) is 5. The highest BCUT2D eigenvalue weighted by Gasteiger charge is 2.32. The fraction of sp³-hybridized carbons (Fsp3) is 0.409. The lowest BCUT2D eigenvalue weighted by Gasteiger charge is -2.28. The quantitative estimate of drug-likeness (QED) is 0.763. The van der Waals surface area contributed by atoms with Crippen LogP contribution in [0, 0.1) is 19.8 Å². The second-order valence-electron chi connectivity index (χ2n) is 7.66. The van der Waals surface area contributed by atoms with Gasteiger partial charge in [0.2, 0.25) is 5.91 Å². The van der Waals surface area contributed by atoms with E-state index in [1.165, 1.54) is 16.9 Å². The number of esters is 1. The minimum Gasteiger partial charge on any atom is -0.452 e. The van der Waals surface area contributed by atoms with Crippen molar-refractivity contribution < 1.29 is 19.1 Å². The Bertz CT molecular complexity index is 977. The van der Waals surface area contributed by atoms with Crippen LogP contribution in [0.25, 0.3) is 0 Å². The van der Waals surface area contributed by atoms with Crippen LogP contribution in [-0.2, 0) is 27.3 Å². The van der Waals surface area contributed by atoms with E-state index in [1.807, 2.05) is 32.0 Å². The van der Waals surface area contributed by atoms with Crippen LogP contribution in [0.5, 0.6) is 0 Å². The van der Waals surface area contributed by atoms with Gasteiger partial charge in [0.15, 0.2) is 6.61 Å². The summed E-state index contributed by atoms with van der Waals surface area (Å²) in [5, 5.41) is 3.38. The highest BCUT2D eigenvalue weighted by molar-refractivity contribution is 7.16. The summed E-state index contributed by atoms with van der Waals surface area (Å²) in [6.45, 7) is 4.59. The predicted octanol–water partition coefficient (Wildman–Crippen LogP) is 3.46. The topological polar surface area (TPSA) is 75.7 Å². The SMILES string of the molecule is Cc1sc(NC(=O)C2CC2)c(C(=O)OCC(=O)N2CCc3ccccc3C2)c1C. The van der Waals surface area contributed by atoms with Gasteiger partial charge < -0.3 is 15.0 Å². The number of anilines is 1. The Morgan fingerprint density at radius 1 is 1.17 bits per heavy atom. The molecule has 1 fully saturated rings. The van der Waals surface area contributed by atoms with E-state index in [-0.39, 0.29) is 24.3 Å². The molecule has 2 aromatic rings. The van der Waals surface area contributed by atoms with Crippen molar-refractivity contribution in [1.82, 2.24) is 4.90 Å². The summed E-state index contributed by atoms with van der Waals surface area (Å²) in [7, 11) is 0. The van der Waals surface area contributed by atoms with Crippen LogP contribution in [0.2, 0.25) is 0 Å². The van der Waals surface area contributed by atoms with Crippen LogP contribution >= 0.6 is 11.3 Å². The molecule has 6 nitrogen and oxygen atoms in total. The van der Waals surface area contributed by atoms with Gasteiger partial charge in [-0.3, -0.25) is 9.59 Å². The Labute approximate surface area is 173 Å². The van der Waals surface area contributed by atoms with Crippen molar-refractivity contribution in [3.63, 3.8) is 0 Å². The second kappa shape index (κ2) is 7.99. The number of nitrogens with one attached hydrogen (secondary N) is 1. The normalized spacial score (nSPS) is 15.6. The molecule has 1 saturated carbocycles. The zero-order chi connectivity index (χ0) is 20.5. The first kappa shape index (κ1) is 19.6. The summed E-state index contributed by atoms with van der Waals surface area (Å²) >= 11 is 1.37. The molecule has 2 heterocycles. The maximum atomic E-state index is 12.7. The lowest BCUT2D eigenvalue weighted by atomic mass is 10.00. The van der Waals surface area contributed by atoms with Crippen molar-refractivity contribution in [3.8, 4) is 0 Å². The highest BCUT2D eigenvalue weighted by atomic mass is 32.1. The van der Waals surface area contributed by atoms with Gasteiger partial charge in [-0.1, -0.05) is 24.3 Å². The number of amides is 2. The minimum absolute atomic E-state index is 0.0464. The van der Waals surface area contributed by atoms with Gasteiger partial charge in [-0.05, 0) is 49.8 Å². The van der Waals surface area contributed by atoms with Gasteiger partial charge >= 0.3 is 5.97 Å². The van der Waals surface area contributed by atoms with Gasteiger partial charge in [0.05, 0.1) is 5.56 Å². The zero-order valence-corrected chi connectivity index (χ0v) is 17.4. The largest absolute Gasteiger partial charge is 0.452 e. The highest BCUT2D eigenvalue weighted by Crippen LogP contribution is 2.36. The number of benzene rings is 1. The molecule has 0 atom stereocenters. The number of rotatable bonds is 5. The van der Waals surface area contributed by atoms with Crippen LogP contribution in [0.1, 0.15) is 44.8 Å². The molecular formula is C22H24N2O4S. The van der Waals surface area contributed by atoms with E-state index in [0.29, 0.717) is 23.7 Å². The Hall–Kier alpha value is -2.67. The molecule has 29 heavy (non-hydrogen) atoms. The first-order chi connectivity index (χ1) is 13.9. The maximum absolute atomic E-state index is 12.7. The molecule has 2 aliphatic rings. The van der Waals surface area contributed by atoms with Crippen molar-refractivity contribution in [3.05, 3.63) is 51.4 Å². The lowest BCUT2D eigenvalue weighted by Crippen LogP contribution is -2.38. The van der Waals surface area contributed by atoms with Gasteiger partial charge in [0.1, 0.15) is 5.00 Å². The fourth-order valence-corrected chi connectivity index (χ4v) is 4.57. The third-order valence-corrected chi connectivity index (χ3v) is 6.71. The third-order valence-electron chi connectivity index (χ3n) is 5.58. The first-order valence-electron chi connectivity index (χ1n) is 9.86. The Kier molecular flexibility index (Phi) is 5.41.